The molecule has 2 aromatic carbocycles. The molecule has 0 spiro atoms. The Labute approximate surface area is 123 Å². The zero-order valence-electron chi connectivity index (χ0n) is 11.5. The summed E-state index contributed by atoms with van der Waals surface area (Å²) in [4.78, 5) is 0.304. The van der Waals surface area contributed by atoms with Gasteiger partial charge in [-0.2, -0.15) is 0 Å². The van der Waals surface area contributed by atoms with E-state index in [0.29, 0.717) is 16.1 Å². The average Bonchev–Trinajstić information content (AvgIpc) is 3.07. The molecular weight excluding hydrogens is 264 g/mol. The lowest BCUT2D eigenvalue weighted by Gasteiger charge is -2.04. The molecule has 2 heteroatoms. The van der Waals surface area contributed by atoms with Gasteiger partial charge in [-0.05, 0) is 23.1 Å². The van der Waals surface area contributed by atoms with Crippen LogP contribution in [0.5, 0.6) is 0 Å². The molecule has 2 aliphatic rings. The zero-order valence-corrected chi connectivity index (χ0v) is 12.4. The Balaban J connectivity index is 1.43. The van der Waals surface area contributed by atoms with Gasteiger partial charge >= 0.3 is 4.93 Å². The maximum absolute atomic E-state index is 5.88. The minimum absolute atomic E-state index is 0.304. The molecule has 20 heavy (non-hydrogen) atoms. The van der Waals surface area contributed by atoms with E-state index in [0.717, 1.165) is 6.42 Å². The van der Waals surface area contributed by atoms with Crippen LogP contribution in [0.25, 0.3) is 11.1 Å². The van der Waals surface area contributed by atoms with Gasteiger partial charge in [0, 0.05) is 19.3 Å². The fourth-order valence-electron chi connectivity index (χ4n) is 3.13. The van der Waals surface area contributed by atoms with E-state index >= 15 is 0 Å². The molecule has 0 aromatic heterocycles. The fraction of sp³-hybridized carbons (Fsp3) is 0.333. The average molecular weight is 283 g/mol. The standard InChI is InChI=1S/C18H19OS/c1-2-5-16(6-3-1)17-9-7-15(8-10-17)11-13-18-12-4-14-20(18)19-18/h1-3,5-10H,4,11-14H2/q+1. The minimum Gasteiger partial charge on any atom is -0.108 e. The summed E-state index contributed by atoms with van der Waals surface area (Å²) >= 11 is 0.327. The zero-order chi connectivity index (χ0) is 13.4. The van der Waals surface area contributed by atoms with Crippen molar-refractivity contribution in [3.05, 3.63) is 60.2 Å². The highest BCUT2D eigenvalue weighted by Gasteiger charge is 2.73. The lowest BCUT2D eigenvalue weighted by molar-refractivity contribution is 0.278. The Hall–Kier alpha value is -1.25. The molecular formula is C18H19OS+. The van der Waals surface area contributed by atoms with Gasteiger partial charge in [0.15, 0.2) is 11.2 Å². The van der Waals surface area contributed by atoms with Gasteiger partial charge in [0.2, 0.25) is 0 Å². The van der Waals surface area contributed by atoms with Gasteiger partial charge in [0.05, 0.1) is 0 Å². The summed E-state index contributed by atoms with van der Waals surface area (Å²) in [5.41, 5.74) is 4.03. The molecule has 2 unspecified atom stereocenters. The van der Waals surface area contributed by atoms with Gasteiger partial charge in [-0.3, -0.25) is 0 Å². The molecule has 2 aromatic rings. The van der Waals surface area contributed by atoms with Crippen molar-refractivity contribution in [2.75, 3.05) is 5.75 Å². The van der Waals surface area contributed by atoms with E-state index in [1.54, 1.807) is 0 Å². The molecule has 0 amide bonds. The van der Waals surface area contributed by atoms with E-state index in [-0.39, 0.29) is 0 Å². The van der Waals surface area contributed by atoms with Crippen molar-refractivity contribution < 1.29 is 4.18 Å². The molecule has 0 N–H and O–H groups in total. The second-order valence-electron chi connectivity index (χ2n) is 5.71. The predicted molar refractivity (Wildman–Crippen MR) is 85.5 cm³/mol. The summed E-state index contributed by atoms with van der Waals surface area (Å²) < 4.78 is 5.88. The van der Waals surface area contributed by atoms with Crippen molar-refractivity contribution >= 4 is 11.2 Å². The second kappa shape index (κ2) is 4.94. The van der Waals surface area contributed by atoms with Crippen LogP contribution in [0, 0.1) is 0 Å². The third-order valence-corrected chi connectivity index (χ3v) is 6.73. The lowest BCUT2D eigenvalue weighted by atomic mass is 10.0. The number of hydrogen-bond donors (Lipinski definition) is 0. The fourth-order valence-corrected chi connectivity index (χ4v) is 5.34. The number of hydrogen-bond acceptors (Lipinski definition) is 1. The van der Waals surface area contributed by atoms with E-state index in [1.165, 1.54) is 41.7 Å². The summed E-state index contributed by atoms with van der Waals surface area (Å²) in [5, 5.41) is 0. The Morgan fingerprint density at radius 3 is 2.35 bits per heavy atom. The van der Waals surface area contributed by atoms with Crippen molar-refractivity contribution in [1.82, 2.24) is 0 Å². The third kappa shape index (κ3) is 2.27. The molecule has 2 aliphatic heterocycles. The van der Waals surface area contributed by atoms with Gasteiger partial charge in [-0.25, -0.2) is 0 Å². The lowest BCUT2D eigenvalue weighted by Crippen LogP contribution is -2.09. The van der Waals surface area contributed by atoms with Crippen LogP contribution in [0.2, 0.25) is 0 Å². The Bertz CT molecular complexity index is 593. The van der Waals surface area contributed by atoms with Crippen LogP contribution in [-0.4, -0.2) is 10.7 Å². The topological polar surface area (TPSA) is 12.5 Å². The Morgan fingerprint density at radius 1 is 0.950 bits per heavy atom. The first kappa shape index (κ1) is 12.5. The van der Waals surface area contributed by atoms with Gasteiger partial charge in [-0.1, -0.05) is 54.6 Å². The smallest absolute Gasteiger partial charge is 0.108 e. The number of rotatable bonds is 4. The largest absolute Gasteiger partial charge is 0.308 e. The van der Waals surface area contributed by atoms with Gasteiger partial charge < -0.3 is 0 Å². The van der Waals surface area contributed by atoms with Crippen LogP contribution in [0.1, 0.15) is 24.8 Å². The van der Waals surface area contributed by atoms with E-state index in [1.807, 2.05) is 0 Å². The van der Waals surface area contributed by atoms with E-state index in [9.17, 15) is 0 Å². The number of aryl methyl sites for hydroxylation is 1. The summed E-state index contributed by atoms with van der Waals surface area (Å²) in [6.07, 6.45) is 5.02. The van der Waals surface area contributed by atoms with E-state index in [2.05, 4.69) is 54.6 Å². The van der Waals surface area contributed by atoms with Crippen LogP contribution in [0.15, 0.2) is 54.6 Å². The first-order chi connectivity index (χ1) is 9.86. The maximum atomic E-state index is 5.88. The van der Waals surface area contributed by atoms with Crippen LogP contribution in [0.3, 0.4) is 0 Å². The number of fused-ring (bicyclic) bond motifs is 1. The molecule has 2 heterocycles. The molecule has 4 rings (SSSR count). The highest BCUT2D eigenvalue weighted by atomic mass is 32.2. The highest BCUT2D eigenvalue weighted by Crippen LogP contribution is 2.54. The molecule has 2 saturated heterocycles. The van der Waals surface area contributed by atoms with Crippen molar-refractivity contribution in [2.24, 2.45) is 0 Å². The quantitative estimate of drug-likeness (QED) is 0.600. The first-order valence-electron chi connectivity index (χ1n) is 7.41. The molecule has 0 aliphatic carbocycles. The van der Waals surface area contributed by atoms with Gasteiger partial charge in [0.25, 0.3) is 0 Å². The van der Waals surface area contributed by atoms with Gasteiger partial charge in [-0.15, -0.1) is 4.18 Å². The summed E-state index contributed by atoms with van der Waals surface area (Å²) in [7, 11) is 0. The van der Waals surface area contributed by atoms with Crippen molar-refractivity contribution in [3.8, 4) is 11.1 Å². The Morgan fingerprint density at radius 2 is 1.70 bits per heavy atom. The van der Waals surface area contributed by atoms with Crippen molar-refractivity contribution in [1.29, 1.82) is 0 Å². The summed E-state index contributed by atoms with van der Waals surface area (Å²) in [6, 6.07) is 19.6. The number of benzene rings is 2. The summed E-state index contributed by atoms with van der Waals surface area (Å²) in [6.45, 7) is 0. The van der Waals surface area contributed by atoms with Crippen LogP contribution in [-0.2, 0) is 21.8 Å². The molecule has 102 valence electrons. The molecule has 0 radical (unpaired) electrons. The van der Waals surface area contributed by atoms with Crippen molar-refractivity contribution in [2.45, 2.75) is 30.6 Å². The van der Waals surface area contributed by atoms with Crippen molar-refractivity contribution in [3.63, 3.8) is 0 Å². The van der Waals surface area contributed by atoms with Crippen LogP contribution in [0.4, 0.5) is 0 Å². The first-order valence-corrected chi connectivity index (χ1v) is 8.73. The normalized spacial score (nSPS) is 27.3. The van der Waals surface area contributed by atoms with E-state index < -0.39 is 0 Å². The van der Waals surface area contributed by atoms with Crippen LogP contribution < -0.4 is 0 Å². The maximum Gasteiger partial charge on any atom is 0.308 e. The minimum atomic E-state index is 0.304. The van der Waals surface area contributed by atoms with Gasteiger partial charge in [0.1, 0.15) is 5.75 Å². The highest BCUT2D eigenvalue weighted by molar-refractivity contribution is 7.99. The van der Waals surface area contributed by atoms with Crippen LogP contribution >= 0.6 is 0 Å². The molecule has 0 bridgehead atoms. The Kier molecular flexibility index (Phi) is 3.08. The molecule has 1 nitrogen and oxygen atoms in total. The second-order valence-corrected chi connectivity index (χ2v) is 7.72. The molecule has 2 atom stereocenters. The third-order valence-electron chi connectivity index (χ3n) is 4.38. The summed E-state index contributed by atoms with van der Waals surface area (Å²) in [5.74, 6) is 1.31. The molecule has 2 fully saturated rings. The SMILES string of the molecule is c1ccc(-c2ccc(CCC34CCC[S+]3O4)cc2)cc1. The monoisotopic (exact) mass is 283 g/mol. The predicted octanol–water partition coefficient (Wildman–Crippen LogP) is 4.34. The molecule has 0 saturated carbocycles. The van der Waals surface area contributed by atoms with E-state index in [4.69, 9.17) is 4.18 Å².